The van der Waals surface area contributed by atoms with E-state index in [2.05, 4.69) is 0 Å². The molecule has 0 aliphatic heterocycles. The molecule has 18 heavy (non-hydrogen) atoms. The van der Waals surface area contributed by atoms with Crippen LogP contribution in [-0.2, 0) is 9.53 Å². The highest BCUT2D eigenvalue weighted by atomic mass is 16.5. The Kier molecular flexibility index (Phi) is 4.24. The molecule has 2 rings (SSSR count). The first-order valence-electron chi connectivity index (χ1n) is 6.48. The van der Waals surface area contributed by atoms with E-state index in [1.54, 1.807) is 7.11 Å². The van der Waals surface area contributed by atoms with Crippen molar-refractivity contribution in [2.75, 3.05) is 14.2 Å². The normalized spacial score (nSPS) is 17.4. The number of rotatable bonds is 4. The van der Waals surface area contributed by atoms with Crippen LogP contribution in [0.5, 0.6) is 5.75 Å². The van der Waals surface area contributed by atoms with Gasteiger partial charge in [-0.2, -0.15) is 0 Å². The fourth-order valence-electron chi connectivity index (χ4n) is 2.83. The topological polar surface area (TPSA) is 35.5 Å². The Balaban J connectivity index is 2.23. The number of carbonyl (C=O) groups is 1. The third kappa shape index (κ3) is 2.66. The van der Waals surface area contributed by atoms with Gasteiger partial charge in [0.15, 0.2) is 0 Å². The molecule has 3 heteroatoms. The van der Waals surface area contributed by atoms with Crippen LogP contribution in [0, 0.1) is 5.92 Å². The Morgan fingerprint density at radius 1 is 1.17 bits per heavy atom. The standard InChI is InChI=1S/C15H20O3/c1-17-13-9-7-12(8-10-13)14(15(16)18-2)11-5-3-4-6-11/h7-11,14H,3-6H2,1-2H3. The Morgan fingerprint density at radius 2 is 1.78 bits per heavy atom. The summed E-state index contributed by atoms with van der Waals surface area (Å²) in [4.78, 5) is 12.0. The van der Waals surface area contributed by atoms with Gasteiger partial charge in [-0.3, -0.25) is 4.79 Å². The second kappa shape index (κ2) is 5.89. The van der Waals surface area contributed by atoms with Crippen molar-refractivity contribution in [3.8, 4) is 5.75 Å². The molecule has 3 nitrogen and oxygen atoms in total. The zero-order chi connectivity index (χ0) is 13.0. The van der Waals surface area contributed by atoms with E-state index in [-0.39, 0.29) is 11.9 Å². The van der Waals surface area contributed by atoms with Crippen molar-refractivity contribution in [1.29, 1.82) is 0 Å². The Bertz CT molecular complexity index is 391. The minimum Gasteiger partial charge on any atom is -0.497 e. The average molecular weight is 248 g/mol. The summed E-state index contributed by atoms with van der Waals surface area (Å²) >= 11 is 0. The summed E-state index contributed by atoms with van der Waals surface area (Å²) in [6.07, 6.45) is 4.67. The van der Waals surface area contributed by atoms with Crippen LogP contribution in [0.3, 0.4) is 0 Å². The molecular formula is C15H20O3. The number of benzene rings is 1. The Labute approximate surface area is 108 Å². The molecule has 1 atom stereocenters. The lowest BCUT2D eigenvalue weighted by atomic mass is 9.85. The zero-order valence-electron chi connectivity index (χ0n) is 11.0. The van der Waals surface area contributed by atoms with Crippen LogP contribution in [0.25, 0.3) is 0 Å². The summed E-state index contributed by atoms with van der Waals surface area (Å²) in [6.45, 7) is 0. The summed E-state index contributed by atoms with van der Waals surface area (Å²) in [5.74, 6) is 0.995. The van der Waals surface area contributed by atoms with Crippen molar-refractivity contribution >= 4 is 5.97 Å². The summed E-state index contributed by atoms with van der Waals surface area (Å²) < 4.78 is 10.1. The fraction of sp³-hybridized carbons (Fsp3) is 0.533. The number of hydrogen-bond donors (Lipinski definition) is 0. The molecule has 0 bridgehead atoms. The highest BCUT2D eigenvalue weighted by Gasteiger charge is 2.32. The predicted molar refractivity (Wildman–Crippen MR) is 69.7 cm³/mol. The second-order valence-corrected chi connectivity index (χ2v) is 4.82. The van der Waals surface area contributed by atoms with E-state index < -0.39 is 0 Å². The largest absolute Gasteiger partial charge is 0.497 e. The molecule has 1 aromatic carbocycles. The summed E-state index contributed by atoms with van der Waals surface area (Å²) in [5.41, 5.74) is 1.04. The molecule has 0 spiro atoms. The van der Waals surface area contributed by atoms with Crippen molar-refractivity contribution in [3.63, 3.8) is 0 Å². The Morgan fingerprint density at radius 3 is 2.28 bits per heavy atom. The molecule has 0 heterocycles. The van der Waals surface area contributed by atoms with Gasteiger partial charge in [0.1, 0.15) is 5.75 Å². The van der Waals surface area contributed by atoms with Crippen LogP contribution in [0.15, 0.2) is 24.3 Å². The summed E-state index contributed by atoms with van der Waals surface area (Å²) in [7, 11) is 3.11. The van der Waals surface area contributed by atoms with Gasteiger partial charge in [-0.15, -0.1) is 0 Å². The molecule has 1 aliphatic carbocycles. The van der Waals surface area contributed by atoms with Gasteiger partial charge in [0.25, 0.3) is 0 Å². The quantitative estimate of drug-likeness (QED) is 0.768. The van der Waals surface area contributed by atoms with Crippen molar-refractivity contribution < 1.29 is 14.3 Å². The first-order valence-corrected chi connectivity index (χ1v) is 6.48. The van der Waals surface area contributed by atoms with Gasteiger partial charge in [0, 0.05) is 0 Å². The molecule has 1 aliphatic rings. The van der Waals surface area contributed by atoms with E-state index in [4.69, 9.17) is 9.47 Å². The maximum atomic E-state index is 12.0. The van der Waals surface area contributed by atoms with Crippen LogP contribution >= 0.6 is 0 Å². The molecule has 1 fully saturated rings. The van der Waals surface area contributed by atoms with Crippen LogP contribution in [0.4, 0.5) is 0 Å². The molecule has 98 valence electrons. The van der Waals surface area contributed by atoms with Crippen LogP contribution < -0.4 is 4.74 Å². The number of hydrogen-bond acceptors (Lipinski definition) is 3. The van der Waals surface area contributed by atoms with Gasteiger partial charge in [0.2, 0.25) is 0 Å². The number of esters is 1. The molecular weight excluding hydrogens is 228 g/mol. The SMILES string of the molecule is COC(=O)C(c1ccc(OC)cc1)C1CCCC1. The average Bonchev–Trinajstić information content (AvgIpc) is 2.93. The lowest BCUT2D eigenvalue weighted by Crippen LogP contribution is -2.21. The van der Waals surface area contributed by atoms with Crippen molar-refractivity contribution in [3.05, 3.63) is 29.8 Å². The maximum absolute atomic E-state index is 12.0. The molecule has 0 radical (unpaired) electrons. The van der Waals surface area contributed by atoms with E-state index in [1.165, 1.54) is 20.0 Å². The number of carbonyl (C=O) groups excluding carboxylic acids is 1. The second-order valence-electron chi connectivity index (χ2n) is 4.82. The van der Waals surface area contributed by atoms with Gasteiger partial charge < -0.3 is 9.47 Å². The van der Waals surface area contributed by atoms with Gasteiger partial charge in [-0.05, 0) is 36.5 Å². The summed E-state index contributed by atoms with van der Waals surface area (Å²) in [5, 5.41) is 0. The molecule has 1 saturated carbocycles. The van der Waals surface area contributed by atoms with Gasteiger partial charge >= 0.3 is 5.97 Å². The highest BCUT2D eigenvalue weighted by molar-refractivity contribution is 5.78. The monoisotopic (exact) mass is 248 g/mol. The van der Waals surface area contributed by atoms with Crippen LogP contribution in [0.1, 0.15) is 37.2 Å². The van der Waals surface area contributed by atoms with E-state index in [1.807, 2.05) is 24.3 Å². The first kappa shape index (κ1) is 12.9. The zero-order valence-corrected chi connectivity index (χ0v) is 11.0. The highest BCUT2D eigenvalue weighted by Crippen LogP contribution is 2.38. The van der Waals surface area contributed by atoms with Gasteiger partial charge in [-0.25, -0.2) is 0 Å². The number of ether oxygens (including phenoxy) is 2. The third-order valence-corrected chi connectivity index (χ3v) is 3.80. The maximum Gasteiger partial charge on any atom is 0.313 e. The number of methoxy groups -OCH3 is 2. The molecule has 0 saturated heterocycles. The lowest BCUT2D eigenvalue weighted by Gasteiger charge is -2.21. The first-order chi connectivity index (χ1) is 8.76. The third-order valence-electron chi connectivity index (χ3n) is 3.80. The van der Waals surface area contributed by atoms with Crippen LogP contribution in [-0.4, -0.2) is 20.2 Å². The van der Waals surface area contributed by atoms with E-state index in [0.717, 1.165) is 24.2 Å². The van der Waals surface area contributed by atoms with Crippen molar-refractivity contribution in [2.45, 2.75) is 31.6 Å². The molecule has 0 amide bonds. The smallest absolute Gasteiger partial charge is 0.313 e. The molecule has 0 N–H and O–H groups in total. The lowest BCUT2D eigenvalue weighted by molar-refractivity contribution is -0.143. The molecule has 1 unspecified atom stereocenters. The van der Waals surface area contributed by atoms with Crippen LogP contribution in [0.2, 0.25) is 0 Å². The predicted octanol–water partition coefficient (Wildman–Crippen LogP) is 3.14. The minimum absolute atomic E-state index is 0.118. The van der Waals surface area contributed by atoms with E-state index in [0.29, 0.717) is 5.92 Å². The van der Waals surface area contributed by atoms with Gasteiger partial charge in [-0.1, -0.05) is 25.0 Å². The molecule has 1 aromatic rings. The van der Waals surface area contributed by atoms with E-state index >= 15 is 0 Å². The van der Waals surface area contributed by atoms with Gasteiger partial charge in [0.05, 0.1) is 20.1 Å². The minimum atomic E-state index is -0.122. The van der Waals surface area contributed by atoms with Crippen molar-refractivity contribution in [1.82, 2.24) is 0 Å². The Hall–Kier alpha value is -1.51. The summed E-state index contributed by atoms with van der Waals surface area (Å²) in [6, 6.07) is 7.75. The van der Waals surface area contributed by atoms with E-state index in [9.17, 15) is 4.79 Å². The molecule has 0 aromatic heterocycles. The van der Waals surface area contributed by atoms with Crippen molar-refractivity contribution in [2.24, 2.45) is 5.92 Å². The fourth-order valence-corrected chi connectivity index (χ4v) is 2.83.